The van der Waals surface area contributed by atoms with Gasteiger partial charge in [-0.3, -0.25) is 4.90 Å². The smallest absolute Gasteiger partial charge is 0.336 e. The van der Waals surface area contributed by atoms with Crippen molar-refractivity contribution in [2.24, 2.45) is 0 Å². The zero-order chi connectivity index (χ0) is 20.1. The van der Waals surface area contributed by atoms with E-state index in [0.717, 1.165) is 31.5 Å². The molecule has 2 N–H and O–H groups in total. The molecule has 2 aromatic heterocycles. The number of hydrogen-bond acceptors (Lipinski definition) is 6. The summed E-state index contributed by atoms with van der Waals surface area (Å²) in [6.07, 6.45) is 8.58. The Bertz CT molecular complexity index is 930. The molecular weight excluding hydrogens is 364 g/mol. The van der Waals surface area contributed by atoms with Gasteiger partial charge in [-0.05, 0) is 43.5 Å². The van der Waals surface area contributed by atoms with Gasteiger partial charge in [-0.1, -0.05) is 44.0 Å². The van der Waals surface area contributed by atoms with Crippen molar-refractivity contribution in [1.82, 2.24) is 24.5 Å². The van der Waals surface area contributed by atoms with Crippen LogP contribution in [0.2, 0.25) is 0 Å². The minimum atomic E-state index is 0.305. The molecule has 7 heteroatoms. The Kier molecular flexibility index (Phi) is 6.24. The van der Waals surface area contributed by atoms with Gasteiger partial charge in [0.25, 0.3) is 0 Å². The quantitative estimate of drug-likeness (QED) is 0.589. The highest BCUT2D eigenvalue weighted by atomic mass is 16.5. The fraction of sp³-hybridized carbons (Fsp3) is 0.500. The number of nitrogens with two attached hydrogens (primary N) is 1. The van der Waals surface area contributed by atoms with Crippen molar-refractivity contribution in [3.63, 3.8) is 0 Å². The molecule has 7 nitrogen and oxygen atoms in total. The van der Waals surface area contributed by atoms with E-state index in [2.05, 4.69) is 51.2 Å². The lowest BCUT2D eigenvalue weighted by Crippen LogP contribution is -2.29. The molecule has 4 rings (SSSR count). The lowest BCUT2D eigenvalue weighted by atomic mass is 10.1. The molecule has 1 aromatic carbocycles. The number of piperidine rings is 1. The summed E-state index contributed by atoms with van der Waals surface area (Å²) in [6, 6.07) is 9.16. The number of hydrogen-bond donors (Lipinski definition) is 1. The normalized spacial score (nSPS) is 15.1. The van der Waals surface area contributed by atoms with Gasteiger partial charge in [-0.25, -0.2) is 9.50 Å². The van der Waals surface area contributed by atoms with E-state index < -0.39 is 0 Å². The van der Waals surface area contributed by atoms with Crippen LogP contribution in [0.1, 0.15) is 55.8 Å². The molecule has 0 radical (unpaired) electrons. The largest absolute Gasteiger partial charge is 0.462 e. The first-order chi connectivity index (χ1) is 14.2. The van der Waals surface area contributed by atoms with E-state index >= 15 is 0 Å². The van der Waals surface area contributed by atoms with Crippen LogP contribution in [0, 0.1) is 0 Å². The fourth-order valence-corrected chi connectivity index (χ4v) is 3.77. The van der Waals surface area contributed by atoms with Crippen molar-refractivity contribution in [3.05, 3.63) is 47.3 Å². The maximum atomic E-state index is 6.06. The molecule has 29 heavy (non-hydrogen) atoms. The van der Waals surface area contributed by atoms with E-state index in [1.165, 1.54) is 43.5 Å². The van der Waals surface area contributed by atoms with Crippen LogP contribution in [0.5, 0.6) is 6.01 Å². The molecular formula is C22H30N6O. The third-order valence-corrected chi connectivity index (χ3v) is 5.43. The van der Waals surface area contributed by atoms with Crippen LogP contribution in [-0.4, -0.2) is 44.2 Å². The Balaban J connectivity index is 1.46. The monoisotopic (exact) mass is 394 g/mol. The topological polar surface area (TPSA) is 81.6 Å². The number of ether oxygens (including phenoxy) is 1. The highest BCUT2D eigenvalue weighted by Crippen LogP contribution is 2.18. The first-order valence-corrected chi connectivity index (χ1v) is 10.7. The Hall–Kier alpha value is -2.67. The molecule has 3 heterocycles. The number of benzene rings is 1. The molecule has 0 saturated carbocycles. The Labute approximate surface area is 171 Å². The highest BCUT2D eigenvalue weighted by Gasteiger charge is 2.13. The minimum absolute atomic E-state index is 0.305. The zero-order valence-corrected chi connectivity index (χ0v) is 17.2. The van der Waals surface area contributed by atoms with Crippen molar-refractivity contribution < 1.29 is 4.74 Å². The van der Waals surface area contributed by atoms with Crippen LogP contribution < -0.4 is 10.5 Å². The van der Waals surface area contributed by atoms with E-state index in [0.29, 0.717) is 24.1 Å². The molecule has 154 valence electrons. The zero-order valence-electron chi connectivity index (χ0n) is 17.2. The molecule has 0 aliphatic carbocycles. The van der Waals surface area contributed by atoms with Crippen LogP contribution in [0.25, 0.3) is 5.65 Å². The summed E-state index contributed by atoms with van der Waals surface area (Å²) in [6.45, 7) is 6.18. The third-order valence-electron chi connectivity index (χ3n) is 5.43. The van der Waals surface area contributed by atoms with Gasteiger partial charge in [0.1, 0.15) is 0 Å². The van der Waals surface area contributed by atoms with Crippen LogP contribution >= 0.6 is 0 Å². The van der Waals surface area contributed by atoms with Crippen molar-refractivity contribution in [2.75, 3.05) is 25.4 Å². The van der Waals surface area contributed by atoms with Gasteiger partial charge in [0.15, 0.2) is 11.5 Å². The summed E-state index contributed by atoms with van der Waals surface area (Å²) >= 11 is 0. The molecule has 1 saturated heterocycles. The molecule has 0 bridgehead atoms. The second-order valence-electron chi connectivity index (χ2n) is 7.80. The SMILES string of the molecule is CCCCOc1nc(N)c2ncc(Cc3ccc(CN4CCCCC4)cc3)n2n1. The summed E-state index contributed by atoms with van der Waals surface area (Å²) in [5.74, 6) is 0.342. The summed E-state index contributed by atoms with van der Waals surface area (Å²) < 4.78 is 7.40. The number of likely N-dealkylation sites (tertiary alicyclic amines) is 1. The maximum absolute atomic E-state index is 6.06. The van der Waals surface area contributed by atoms with Gasteiger partial charge >= 0.3 is 6.01 Å². The first kappa shape index (κ1) is 19.6. The minimum Gasteiger partial charge on any atom is -0.462 e. The average Bonchev–Trinajstić information content (AvgIpc) is 3.14. The summed E-state index contributed by atoms with van der Waals surface area (Å²) in [7, 11) is 0. The summed E-state index contributed by atoms with van der Waals surface area (Å²) in [5, 5.41) is 4.49. The molecule has 1 aliphatic heterocycles. The second-order valence-corrected chi connectivity index (χ2v) is 7.80. The van der Waals surface area contributed by atoms with E-state index in [1.807, 2.05) is 6.20 Å². The number of imidazole rings is 1. The van der Waals surface area contributed by atoms with Crippen LogP contribution in [0.4, 0.5) is 5.82 Å². The van der Waals surface area contributed by atoms with Crippen molar-refractivity contribution >= 4 is 11.5 Å². The van der Waals surface area contributed by atoms with E-state index in [9.17, 15) is 0 Å². The standard InChI is InChI=1S/C22H30N6O/c1-2-3-13-29-22-25-20(23)21-24-15-19(28(21)26-22)14-17-7-9-18(10-8-17)16-27-11-5-4-6-12-27/h7-10,15H,2-6,11-14,16H2,1H3,(H2,23,25,26). The molecule has 0 spiro atoms. The lowest BCUT2D eigenvalue weighted by Gasteiger charge is -2.26. The molecule has 0 unspecified atom stereocenters. The first-order valence-electron chi connectivity index (χ1n) is 10.7. The van der Waals surface area contributed by atoms with Crippen molar-refractivity contribution in [1.29, 1.82) is 0 Å². The van der Waals surface area contributed by atoms with Crippen LogP contribution in [0.3, 0.4) is 0 Å². The number of fused-ring (bicyclic) bond motifs is 1. The van der Waals surface area contributed by atoms with Crippen LogP contribution in [-0.2, 0) is 13.0 Å². The fourth-order valence-electron chi connectivity index (χ4n) is 3.77. The average molecular weight is 395 g/mol. The van der Waals surface area contributed by atoms with E-state index in [4.69, 9.17) is 10.5 Å². The molecule has 3 aromatic rings. The van der Waals surface area contributed by atoms with Gasteiger partial charge in [-0.2, -0.15) is 4.98 Å². The number of anilines is 1. The molecule has 0 amide bonds. The Morgan fingerprint density at radius 2 is 1.83 bits per heavy atom. The van der Waals surface area contributed by atoms with Gasteiger partial charge < -0.3 is 10.5 Å². The maximum Gasteiger partial charge on any atom is 0.336 e. The number of rotatable bonds is 8. The Morgan fingerprint density at radius 3 is 2.59 bits per heavy atom. The number of aromatic nitrogens is 4. The number of unbranched alkanes of at least 4 members (excludes halogenated alkanes) is 1. The van der Waals surface area contributed by atoms with Gasteiger partial charge in [0.05, 0.1) is 18.5 Å². The Morgan fingerprint density at radius 1 is 1.07 bits per heavy atom. The lowest BCUT2D eigenvalue weighted by molar-refractivity contribution is 0.221. The number of nitrogens with zero attached hydrogens (tertiary/aromatic N) is 5. The van der Waals surface area contributed by atoms with E-state index in [1.54, 1.807) is 4.52 Å². The molecule has 1 aliphatic rings. The predicted molar refractivity (Wildman–Crippen MR) is 114 cm³/mol. The van der Waals surface area contributed by atoms with Crippen LogP contribution in [0.15, 0.2) is 30.5 Å². The van der Waals surface area contributed by atoms with Crippen molar-refractivity contribution in [3.8, 4) is 6.01 Å². The molecule has 0 atom stereocenters. The summed E-state index contributed by atoms with van der Waals surface area (Å²) in [4.78, 5) is 11.2. The highest BCUT2D eigenvalue weighted by molar-refractivity contribution is 5.59. The van der Waals surface area contributed by atoms with Gasteiger partial charge in [0, 0.05) is 13.0 Å². The van der Waals surface area contributed by atoms with Gasteiger partial charge in [-0.15, -0.1) is 5.10 Å². The predicted octanol–water partition coefficient (Wildman–Crippen LogP) is 3.46. The summed E-state index contributed by atoms with van der Waals surface area (Å²) in [5.41, 5.74) is 10.2. The van der Waals surface area contributed by atoms with Crippen molar-refractivity contribution in [2.45, 2.75) is 52.0 Å². The second kappa shape index (κ2) is 9.22. The molecule has 1 fully saturated rings. The van der Waals surface area contributed by atoms with E-state index in [-0.39, 0.29) is 0 Å². The third kappa shape index (κ3) is 4.85. The van der Waals surface area contributed by atoms with Gasteiger partial charge in [0.2, 0.25) is 0 Å². The number of nitrogen functional groups attached to an aromatic ring is 1.